The van der Waals surface area contributed by atoms with Gasteiger partial charge in [0.1, 0.15) is 11.6 Å². The summed E-state index contributed by atoms with van der Waals surface area (Å²) in [4.78, 5) is 15.1. The van der Waals surface area contributed by atoms with E-state index in [1.165, 1.54) is 11.3 Å². The van der Waals surface area contributed by atoms with E-state index in [0.717, 1.165) is 11.1 Å². The molecule has 1 unspecified atom stereocenters. The molecule has 2 rings (SSSR count). The normalized spacial score (nSPS) is 12.2. The predicted octanol–water partition coefficient (Wildman–Crippen LogP) is 3.60. The largest absolute Gasteiger partial charge is 0.478 e. The van der Waals surface area contributed by atoms with E-state index in [2.05, 4.69) is 10.3 Å². The number of rotatable bonds is 4. The summed E-state index contributed by atoms with van der Waals surface area (Å²) in [7, 11) is 0. The first-order valence-corrected chi connectivity index (χ1v) is 6.67. The van der Waals surface area contributed by atoms with E-state index in [4.69, 9.17) is 5.11 Å². The summed E-state index contributed by atoms with van der Waals surface area (Å²) < 4.78 is 26.9. The van der Waals surface area contributed by atoms with Gasteiger partial charge in [0.25, 0.3) is 0 Å². The molecule has 1 aromatic carbocycles. The number of carboxylic acid groups (broad SMARTS) is 1. The average molecular weight is 298 g/mol. The van der Waals surface area contributed by atoms with Crippen LogP contribution in [0, 0.1) is 18.6 Å². The number of aromatic carboxylic acids is 1. The van der Waals surface area contributed by atoms with Crippen molar-refractivity contribution in [2.75, 3.05) is 5.32 Å². The molecule has 0 amide bonds. The molecule has 20 heavy (non-hydrogen) atoms. The van der Waals surface area contributed by atoms with Crippen molar-refractivity contribution < 1.29 is 18.7 Å². The standard InChI is InChI=1S/C13H12F2N2O2S/c1-6(12-5-20-7(2)17-12)16-11-3-8(13(18)19)9(14)4-10(11)15/h3-6,16H,1-2H3,(H,18,19). The topological polar surface area (TPSA) is 62.2 Å². The van der Waals surface area contributed by atoms with Crippen LogP contribution in [0.25, 0.3) is 0 Å². The first-order chi connectivity index (χ1) is 9.38. The predicted molar refractivity (Wildman–Crippen MR) is 72.2 cm³/mol. The molecule has 0 aliphatic rings. The van der Waals surface area contributed by atoms with Crippen LogP contribution in [0.2, 0.25) is 0 Å². The molecular formula is C13H12F2N2O2S. The highest BCUT2D eigenvalue weighted by Gasteiger charge is 2.17. The molecular weight excluding hydrogens is 286 g/mol. The van der Waals surface area contributed by atoms with Gasteiger partial charge in [-0.15, -0.1) is 11.3 Å². The van der Waals surface area contributed by atoms with E-state index in [0.29, 0.717) is 11.8 Å². The van der Waals surface area contributed by atoms with E-state index in [1.54, 1.807) is 6.92 Å². The van der Waals surface area contributed by atoms with Gasteiger partial charge in [-0.3, -0.25) is 0 Å². The third kappa shape index (κ3) is 2.93. The Kier molecular flexibility index (Phi) is 3.99. The smallest absolute Gasteiger partial charge is 0.338 e. The number of hydrogen-bond donors (Lipinski definition) is 2. The van der Waals surface area contributed by atoms with Crippen molar-refractivity contribution in [3.63, 3.8) is 0 Å². The Balaban J connectivity index is 2.29. The molecule has 0 bridgehead atoms. The molecule has 2 N–H and O–H groups in total. The second kappa shape index (κ2) is 5.54. The van der Waals surface area contributed by atoms with E-state index in [9.17, 15) is 13.6 Å². The Morgan fingerprint density at radius 1 is 1.40 bits per heavy atom. The van der Waals surface area contributed by atoms with Crippen LogP contribution in [-0.2, 0) is 0 Å². The van der Waals surface area contributed by atoms with Crippen LogP contribution in [-0.4, -0.2) is 16.1 Å². The summed E-state index contributed by atoms with van der Waals surface area (Å²) in [6.45, 7) is 3.61. The van der Waals surface area contributed by atoms with Gasteiger partial charge < -0.3 is 10.4 Å². The van der Waals surface area contributed by atoms with Gasteiger partial charge in [0.05, 0.1) is 28.0 Å². The van der Waals surface area contributed by atoms with Crippen molar-refractivity contribution in [3.05, 3.63) is 45.4 Å². The first-order valence-electron chi connectivity index (χ1n) is 5.79. The Morgan fingerprint density at radius 3 is 2.65 bits per heavy atom. The lowest BCUT2D eigenvalue weighted by molar-refractivity contribution is 0.0692. The number of benzene rings is 1. The van der Waals surface area contributed by atoms with Crippen LogP contribution in [0.4, 0.5) is 14.5 Å². The van der Waals surface area contributed by atoms with Crippen LogP contribution in [0.3, 0.4) is 0 Å². The fourth-order valence-corrected chi connectivity index (χ4v) is 2.42. The number of aryl methyl sites for hydroxylation is 1. The monoisotopic (exact) mass is 298 g/mol. The summed E-state index contributed by atoms with van der Waals surface area (Å²) in [6, 6.07) is 1.19. The molecule has 7 heteroatoms. The first kappa shape index (κ1) is 14.4. The SMILES string of the molecule is Cc1nc(C(C)Nc2cc(C(=O)O)c(F)cc2F)cs1. The van der Waals surface area contributed by atoms with Gasteiger partial charge in [0.2, 0.25) is 0 Å². The zero-order valence-electron chi connectivity index (χ0n) is 10.8. The van der Waals surface area contributed by atoms with Gasteiger partial charge >= 0.3 is 5.97 Å². The quantitative estimate of drug-likeness (QED) is 0.905. The van der Waals surface area contributed by atoms with Gasteiger partial charge in [0.15, 0.2) is 0 Å². The molecule has 0 aliphatic carbocycles. The molecule has 1 heterocycles. The van der Waals surface area contributed by atoms with Crippen molar-refractivity contribution in [1.82, 2.24) is 4.98 Å². The molecule has 0 radical (unpaired) electrons. The third-order valence-corrected chi connectivity index (χ3v) is 3.53. The number of thiazole rings is 1. The molecule has 0 spiro atoms. The summed E-state index contributed by atoms with van der Waals surface area (Å²) in [5.41, 5.74) is 0.0746. The van der Waals surface area contributed by atoms with E-state index in [1.807, 2.05) is 12.3 Å². The molecule has 0 saturated carbocycles. The van der Waals surface area contributed by atoms with Crippen molar-refractivity contribution in [2.45, 2.75) is 19.9 Å². The fraction of sp³-hybridized carbons (Fsp3) is 0.231. The summed E-state index contributed by atoms with van der Waals surface area (Å²) in [6.07, 6.45) is 0. The van der Waals surface area contributed by atoms with Gasteiger partial charge in [-0.25, -0.2) is 18.6 Å². The van der Waals surface area contributed by atoms with Crippen molar-refractivity contribution in [2.24, 2.45) is 0 Å². The highest BCUT2D eigenvalue weighted by molar-refractivity contribution is 7.09. The van der Waals surface area contributed by atoms with E-state index in [-0.39, 0.29) is 11.7 Å². The molecule has 1 atom stereocenters. The minimum Gasteiger partial charge on any atom is -0.478 e. The van der Waals surface area contributed by atoms with Crippen molar-refractivity contribution in [3.8, 4) is 0 Å². The average Bonchev–Trinajstić information content (AvgIpc) is 2.79. The number of aromatic nitrogens is 1. The van der Waals surface area contributed by atoms with Gasteiger partial charge in [-0.1, -0.05) is 0 Å². The van der Waals surface area contributed by atoms with Crippen LogP contribution in [0.15, 0.2) is 17.5 Å². The maximum absolute atomic E-state index is 13.7. The number of anilines is 1. The molecule has 106 valence electrons. The van der Waals surface area contributed by atoms with Gasteiger partial charge in [-0.2, -0.15) is 0 Å². The van der Waals surface area contributed by atoms with Crippen LogP contribution >= 0.6 is 11.3 Å². The maximum atomic E-state index is 13.7. The van der Waals surface area contributed by atoms with E-state index < -0.39 is 23.2 Å². The van der Waals surface area contributed by atoms with Crippen LogP contribution in [0.5, 0.6) is 0 Å². The maximum Gasteiger partial charge on any atom is 0.338 e. The van der Waals surface area contributed by atoms with Crippen LogP contribution in [0.1, 0.15) is 34.0 Å². The fourth-order valence-electron chi connectivity index (χ4n) is 1.71. The molecule has 0 saturated heterocycles. The highest BCUT2D eigenvalue weighted by Crippen LogP contribution is 2.25. The Hall–Kier alpha value is -2.02. The van der Waals surface area contributed by atoms with Crippen molar-refractivity contribution >= 4 is 23.0 Å². The lowest BCUT2D eigenvalue weighted by Gasteiger charge is -2.14. The number of carboxylic acids is 1. The Bertz CT molecular complexity index is 658. The number of hydrogen-bond acceptors (Lipinski definition) is 4. The van der Waals surface area contributed by atoms with Gasteiger partial charge in [0, 0.05) is 11.4 Å². The molecule has 0 aliphatic heterocycles. The second-order valence-corrected chi connectivity index (χ2v) is 5.34. The lowest BCUT2D eigenvalue weighted by atomic mass is 10.1. The minimum atomic E-state index is -1.44. The molecule has 4 nitrogen and oxygen atoms in total. The van der Waals surface area contributed by atoms with E-state index >= 15 is 0 Å². The highest BCUT2D eigenvalue weighted by atomic mass is 32.1. The Morgan fingerprint density at radius 2 is 2.10 bits per heavy atom. The number of halogens is 2. The summed E-state index contributed by atoms with van der Waals surface area (Å²) >= 11 is 1.46. The number of carbonyl (C=O) groups is 1. The summed E-state index contributed by atoms with van der Waals surface area (Å²) in [5.74, 6) is -3.38. The summed E-state index contributed by atoms with van der Waals surface area (Å²) in [5, 5.41) is 14.3. The third-order valence-electron chi connectivity index (χ3n) is 2.74. The zero-order valence-corrected chi connectivity index (χ0v) is 11.6. The Labute approximate surface area is 118 Å². The zero-order chi connectivity index (χ0) is 14.9. The molecule has 2 aromatic rings. The molecule has 0 fully saturated rings. The second-order valence-electron chi connectivity index (χ2n) is 4.27. The van der Waals surface area contributed by atoms with Crippen LogP contribution < -0.4 is 5.32 Å². The number of nitrogens with one attached hydrogen (secondary N) is 1. The van der Waals surface area contributed by atoms with Gasteiger partial charge in [-0.05, 0) is 19.9 Å². The molecule has 1 aromatic heterocycles. The lowest BCUT2D eigenvalue weighted by Crippen LogP contribution is -2.11. The van der Waals surface area contributed by atoms with Crippen molar-refractivity contribution in [1.29, 1.82) is 0 Å². The number of nitrogens with zero attached hydrogens (tertiary/aromatic N) is 1. The minimum absolute atomic E-state index is 0.0676.